The standard InChI is InChI=1S/H2O4P3/c1-7-4-2-3-5-6-7/h5-6H/q+1. The molecule has 0 aliphatic heterocycles. The molecule has 40 valence electrons. The van der Waals surface area contributed by atoms with Crippen LogP contribution in [0, 0.1) is 0 Å². The van der Waals surface area contributed by atoms with Crippen LogP contribution in [-0.4, -0.2) is 0 Å². The number of hydrogen-bond acceptors (Lipinski definition) is 4. The molecule has 0 N–H and O–H groups in total. The van der Waals surface area contributed by atoms with E-state index in [1.165, 1.54) is 0 Å². The summed E-state index contributed by atoms with van der Waals surface area (Å²) in [7, 11) is -1.13. The summed E-state index contributed by atoms with van der Waals surface area (Å²) in [4.78, 5) is 0. The maximum absolute atomic E-state index is 10.2. The molecule has 0 amide bonds. The summed E-state index contributed by atoms with van der Waals surface area (Å²) in [5.41, 5.74) is 0. The third kappa shape index (κ3) is 1.56. The van der Waals surface area contributed by atoms with E-state index in [2.05, 4.69) is 13.4 Å². The van der Waals surface area contributed by atoms with Gasteiger partial charge in [-0.3, -0.25) is 0 Å². The molecule has 7 heavy (non-hydrogen) atoms. The second-order valence-corrected chi connectivity index (χ2v) is 6.35. The van der Waals surface area contributed by atoms with Crippen LogP contribution in [0.3, 0.4) is 0 Å². The van der Waals surface area contributed by atoms with Gasteiger partial charge in [-0.05, 0) is 4.74 Å². The Morgan fingerprint density at radius 3 is 2.71 bits per heavy atom. The molecule has 4 nitrogen and oxygen atoms in total. The van der Waals surface area contributed by atoms with Crippen molar-refractivity contribution in [1.29, 1.82) is 0 Å². The maximum Gasteiger partial charge on any atom is 0.528 e. The molecule has 0 bridgehead atoms. The normalized spacial score (nSPS) is 13.4. The van der Waals surface area contributed by atoms with Crippen LogP contribution in [0.4, 0.5) is 0 Å². The maximum atomic E-state index is 10.2. The van der Waals surface area contributed by atoms with E-state index in [0.717, 1.165) is 0 Å². The van der Waals surface area contributed by atoms with E-state index in [4.69, 9.17) is 0 Å². The van der Waals surface area contributed by atoms with Crippen molar-refractivity contribution in [1.82, 2.24) is 0 Å². The first-order valence-corrected chi connectivity index (χ1v) is 6.30. The Labute approximate surface area is 41.9 Å². The SMILES string of the molecule is O=[p+]1ooo[pH][pH]1. The van der Waals surface area contributed by atoms with Crippen molar-refractivity contribution in [2.24, 2.45) is 0 Å². The molecule has 0 spiro atoms. The van der Waals surface area contributed by atoms with Gasteiger partial charge < -0.3 is 0 Å². The largest absolute Gasteiger partial charge is 0.528 e. The van der Waals surface area contributed by atoms with Crippen molar-refractivity contribution in [3.8, 4) is 0 Å². The van der Waals surface area contributed by atoms with Crippen LogP contribution in [0.15, 0.2) is 13.4 Å². The summed E-state index contributed by atoms with van der Waals surface area (Å²) in [6.07, 6.45) is 0. The molecular formula is H2O4P3+. The van der Waals surface area contributed by atoms with E-state index < -0.39 is 7.33 Å². The first-order valence-electron chi connectivity index (χ1n) is 1.38. The lowest BCUT2D eigenvalue weighted by Crippen LogP contribution is -1.29. The van der Waals surface area contributed by atoms with Gasteiger partial charge in [0.15, 0.2) is 7.55 Å². The van der Waals surface area contributed by atoms with Crippen LogP contribution >= 0.6 is 23.0 Å². The monoisotopic (exact) mass is 159 g/mol. The summed E-state index contributed by atoms with van der Waals surface area (Å²) >= 11 is 0. The zero-order valence-corrected chi connectivity index (χ0v) is 5.97. The minimum atomic E-state index is -1.55. The smallest absolute Gasteiger partial charge is 0.151 e. The van der Waals surface area contributed by atoms with E-state index in [0.29, 0.717) is 0 Å². The lowest BCUT2D eigenvalue weighted by Gasteiger charge is -1.60. The Morgan fingerprint density at radius 1 is 1.57 bits per heavy atom. The fourth-order valence-electron chi connectivity index (χ4n) is 0.134. The molecule has 1 aromatic rings. The summed E-state index contributed by atoms with van der Waals surface area (Å²) in [6, 6.07) is 0. The van der Waals surface area contributed by atoms with Gasteiger partial charge in [0.25, 0.3) is 8.11 Å². The Hall–Kier alpha value is 0.100. The van der Waals surface area contributed by atoms with E-state index >= 15 is 0 Å². The van der Waals surface area contributed by atoms with E-state index in [1.807, 2.05) is 0 Å². The van der Waals surface area contributed by atoms with Crippen molar-refractivity contribution in [3.05, 3.63) is 0 Å². The Balaban J connectivity index is 3.28. The van der Waals surface area contributed by atoms with E-state index in [9.17, 15) is 4.57 Å². The molecule has 0 aliphatic carbocycles. The van der Waals surface area contributed by atoms with Crippen LogP contribution in [0.5, 0.6) is 0 Å². The van der Waals surface area contributed by atoms with Gasteiger partial charge in [0.2, 0.25) is 0 Å². The second-order valence-electron chi connectivity index (χ2n) is 0.697. The van der Waals surface area contributed by atoms with Crippen LogP contribution in [0.1, 0.15) is 0 Å². The highest BCUT2D eigenvalue weighted by Crippen LogP contribution is 2.32. The molecule has 0 saturated carbocycles. The summed E-state index contributed by atoms with van der Waals surface area (Å²) in [5.74, 6) is 0. The van der Waals surface area contributed by atoms with Crippen molar-refractivity contribution in [3.63, 3.8) is 0 Å². The van der Waals surface area contributed by atoms with Crippen molar-refractivity contribution < 1.29 is 18.0 Å². The minimum Gasteiger partial charge on any atom is -0.151 e. The molecule has 0 aliphatic rings. The average molecular weight is 159 g/mol. The average Bonchev–Trinajstić information content (AvgIpc) is 1.69. The molecule has 0 radical (unpaired) electrons. The van der Waals surface area contributed by atoms with Crippen LogP contribution < -0.4 is 0 Å². The third-order valence-corrected chi connectivity index (χ3v) is 4.69. The predicted molar refractivity (Wildman–Crippen MR) is 27.5 cm³/mol. The Bertz CT molecular complexity index is 173. The fourth-order valence-corrected chi connectivity index (χ4v) is 2.48. The molecule has 3 atom stereocenters. The van der Waals surface area contributed by atoms with Gasteiger partial charge in [-0.2, -0.15) is 4.36 Å². The summed E-state index contributed by atoms with van der Waals surface area (Å²) < 4.78 is 22.5. The van der Waals surface area contributed by atoms with E-state index in [1.54, 1.807) is 0 Å². The molecule has 7 heteroatoms. The molecular weight excluding hydrogens is 157 g/mol. The van der Waals surface area contributed by atoms with Gasteiger partial charge >= 0.3 is 7.33 Å². The fraction of sp³-hybridized carbons (Fsp3) is 0. The Kier molecular flexibility index (Phi) is 1.81. The van der Waals surface area contributed by atoms with Crippen molar-refractivity contribution in [2.45, 2.75) is 0 Å². The van der Waals surface area contributed by atoms with Gasteiger partial charge in [-0.25, -0.2) is 0 Å². The number of hydrogen-bond donors (Lipinski definition) is 0. The summed E-state index contributed by atoms with van der Waals surface area (Å²) in [5, 5.41) is 0. The third-order valence-electron chi connectivity index (χ3n) is 0.311. The molecule has 1 aromatic heterocycles. The van der Waals surface area contributed by atoms with Gasteiger partial charge in [-0.15, -0.1) is 8.92 Å². The predicted octanol–water partition coefficient (Wildman–Crippen LogP) is 2.39. The minimum absolute atomic E-state index is 0.179. The lowest BCUT2D eigenvalue weighted by atomic mass is 14.8. The highest BCUT2D eigenvalue weighted by Gasteiger charge is 1.89. The van der Waals surface area contributed by atoms with Crippen molar-refractivity contribution >= 4 is 23.0 Å². The zero-order valence-electron chi connectivity index (χ0n) is 3.08. The van der Waals surface area contributed by atoms with Crippen molar-refractivity contribution in [2.75, 3.05) is 0 Å². The molecule has 0 fully saturated rings. The van der Waals surface area contributed by atoms with Gasteiger partial charge in [0.1, 0.15) is 0 Å². The van der Waals surface area contributed by atoms with Gasteiger partial charge in [0, 0.05) is 0 Å². The van der Waals surface area contributed by atoms with E-state index in [-0.39, 0.29) is 15.7 Å². The second kappa shape index (κ2) is 2.42. The lowest BCUT2D eigenvalue weighted by molar-refractivity contribution is -0.126. The molecule has 3 unspecified atom stereocenters. The molecule has 1 rings (SSSR count). The first kappa shape index (κ1) is 5.24. The van der Waals surface area contributed by atoms with Crippen LogP contribution in [-0.2, 0) is 4.57 Å². The summed E-state index contributed by atoms with van der Waals surface area (Å²) in [6.45, 7) is 0. The van der Waals surface area contributed by atoms with Crippen LogP contribution in [0.2, 0.25) is 0 Å². The molecule has 0 saturated heterocycles. The van der Waals surface area contributed by atoms with Gasteiger partial charge in [-0.1, -0.05) is 0 Å². The van der Waals surface area contributed by atoms with Crippen LogP contribution in [0.25, 0.3) is 0 Å². The highest BCUT2D eigenvalue weighted by atomic mass is 32.2. The molecule has 1 heterocycles. The highest BCUT2D eigenvalue weighted by molar-refractivity contribution is 8.14. The Morgan fingerprint density at radius 2 is 2.43 bits per heavy atom. The first-order chi connectivity index (χ1) is 3.39. The quantitative estimate of drug-likeness (QED) is 0.545. The zero-order chi connectivity index (χ0) is 5.11. The topological polar surface area (TPSA) is 56.5 Å². The number of rotatable bonds is 0. The van der Waals surface area contributed by atoms with Gasteiger partial charge in [0.05, 0.1) is 0 Å². The molecule has 0 aromatic carbocycles.